The summed E-state index contributed by atoms with van der Waals surface area (Å²) in [6.07, 6.45) is 4.19. The van der Waals surface area contributed by atoms with Gasteiger partial charge < -0.3 is 5.73 Å². The summed E-state index contributed by atoms with van der Waals surface area (Å²) in [5.41, 5.74) is 8.35. The van der Waals surface area contributed by atoms with Gasteiger partial charge in [-0.3, -0.25) is 4.90 Å². The topological polar surface area (TPSA) is 29.3 Å². The van der Waals surface area contributed by atoms with E-state index in [4.69, 9.17) is 5.73 Å². The number of benzene rings is 1. The summed E-state index contributed by atoms with van der Waals surface area (Å²) in [6, 6.07) is 9.58. The van der Waals surface area contributed by atoms with E-state index in [1.54, 1.807) is 0 Å². The van der Waals surface area contributed by atoms with Crippen LogP contribution in [0.5, 0.6) is 0 Å². The van der Waals surface area contributed by atoms with Gasteiger partial charge in [-0.25, -0.2) is 0 Å². The molecule has 3 aliphatic rings. The van der Waals surface area contributed by atoms with Crippen molar-refractivity contribution in [1.82, 2.24) is 4.90 Å². The molecule has 2 heteroatoms. The van der Waals surface area contributed by atoms with Crippen molar-refractivity contribution in [2.24, 2.45) is 11.7 Å². The maximum atomic E-state index is 5.63. The summed E-state index contributed by atoms with van der Waals surface area (Å²) in [5.74, 6) is 0.976. The zero-order valence-corrected chi connectivity index (χ0v) is 9.73. The summed E-state index contributed by atoms with van der Waals surface area (Å²) in [4.78, 5) is 2.65. The van der Waals surface area contributed by atoms with Crippen molar-refractivity contribution in [1.29, 1.82) is 0 Å². The first-order chi connectivity index (χ1) is 7.86. The van der Waals surface area contributed by atoms with E-state index in [-0.39, 0.29) is 0 Å². The fraction of sp³-hybridized carbons (Fsp3) is 0.571. The van der Waals surface area contributed by atoms with Gasteiger partial charge in [-0.2, -0.15) is 0 Å². The normalized spacial score (nSPS) is 32.9. The van der Waals surface area contributed by atoms with Crippen molar-refractivity contribution in [3.63, 3.8) is 0 Å². The molecule has 0 aromatic heterocycles. The van der Waals surface area contributed by atoms with Crippen molar-refractivity contribution in [2.75, 3.05) is 13.1 Å². The van der Waals surface area contributed by atoms with Crippen LogP contribution in [0.4, 0.5) is 0 Å². The summed E-state index contributed by atoms with van der Waals surface area (Å²) >= 11 is 0. The largest absolute Gasteiger partial charge is 0.326 e. The van der Waals surface area contributed by atoms with Gasteiger partial charge in [-0.1, -0.05) is 24.3 Å². The van der Waals surface area contributed by atoms with E-state index in [0.29, 0.717) is 12.6 Å². The number of piperidine rings is 3. The molecule has 0 radical (unpaired) electrons. The molecule has 1 unspecified atom stereocenters. The molecule has 2 N–H and O–H groups in total. The van der Waals surface area contributed by atoms with Crippen LogP contribution in [0.15, 0.2) is 24.3 Å². The Balaban J connectivity index is 1.81. The van der Waals surface area contributed by atoms with Gasteiger partial charge in [-0.15, -0.1) is 0 Å². The zero-order valence-electron chi connectivity index (χ0n) is 9.73. The Labute approximate surface area is 97.4 Å². The minimum absolute atomic E-state index is 0.650. The molecule has 0 aliphatic carbocycles. The summed E-state index contributed by atoms with van der Waals surface area (Å²) in [5, 5.41) is 0. The molecule has 86 valence electrons. The monoisotopic (exact) mass is 216 g/mol. The third-order valence-corrected chi connectivity index (χ3v) is 4.25. The Kier molecular flexibility index (Phi) is 2.70. The van der Waals surface area contributed by atoms with Crippen molar-refractivity contribution in [3.8, 4) is 0 Å². The first-order valence-corrected chi connectivity index (χ1v) is 6.40. The highest BCUT2D eigenvalue weighted by Gasteiger charge is 2.33. The molecule has 0 saturated carbocycles. The smallest absolute Gasteiger partial charge is 0.0350 e. The lowest BCUT2D eigenvalue weighted by atomic mass is 9.81. The number of nitrogens with two attached hydrogens (primary N) is 1. The van der Waals surface area contributed by atoms with Gasteiger partial charge in [0.25, 0.3) is 0 Å². The summed E-state index contributed by atoms with van der Waals surface area (Å²) < 4.78 is 0. The molecule has 3 saturated heterocycles. The molecule has 1 atom stereocenters. The SMILES string of the molecule is NCc1ccc(C2CC3CCN2CC3)cc1. The molecule has 3 heterocycles. The Morgan fingerprint density at radius 1 is 1.12 bits per heavy atom. The fourth-order valence-electron chi connectivity index (χ4n) is 3.19. The molecule has 1 aromatic rings. The Hall–Kier alpha value is -0.860. The van der Waals surface area contributed by atoms with Crippen LogP contribution < -0.4 is 5.73 Å². The van der Waals surface area contributed by atoms with E-state index < -0.39 is 0 Å². The zero-order chi connectivity index (χ0) is 11.0. The Bertz CT molecular complexity index is 350. The molecular weight excluding hydrogens is 196 g/mol. The number of rotatable bonds is 2. The second-order valence-corrected chi connectivity index (χ2v) is 5.18. The number of hydrogen-bond donors (Lipinski definition) is 1. The molecule has 0 amide bonds. The highest BCUT2D eigenvalue weighted by molar-refractivity contribution is 5.25. The summed E-state index contributed by atoms with van der Waals surface area (Å²) in [7, 11) is 0. The van der Waals surface area contributed by atoms with Gasteiger partial charge >= 0.3 is 0 Å². The predicted octanol–water partition coefficient (Wildman–Crippen LogP) is 2.30. The second kappa shape index (κ2) is 4.19. The summed E-state index contributed by atoms with van der Waals surface area (Å²) in [6.45, 7) is 3.25. The Morgan fingerprint density at radius 2 is 1.81 bits per heavy atom. The van der Waals surface area contributed by atoms with Crippen molar-refractivity contribution < 1.29 is 0 Å². The van der Waals surface area contributed by atoms with Crippen molar-refractivity contribution >= 4 is 0 Å². The van der Waals surface area contributed by atoms with Crippen LogP contribution >= 0.6 is 0 Å². The molecule has 4 rings (SSSR count). The molecular formula is C14H20N2. The van der Waals surface area contributed by atoms with Gasteiger partial charge in [0.15, 0.2) is 0 Å². The first-order valence-electron chi connectivity index (χ1n) is 6.40. The standard InChI is InChI=1S/C14H20N2/c15-10-12-1-3-13(4-2-12)14-9-11-5-7-16(14)8-6-11/h1-4,11,14H,5-10,15H2. The highest BCUT2D eigenvalue weighted by atomic mass is 15.2. The van der Waals surface area contributed by atoms with Crippen molar-refractivity contribution in [3.05, 3.63) is 35.4 Å². The number of nitrogens with zero attached hydrogens (tertiary/aromatic N) is 1. The van der Waals surface area contributed by atoms with E-state index in [9.17, 15) is 0 Å². The van der Waals surface area contributed by atoms with Crippen LogP contribution in [0.2, 0.25) is 0 Å². The average Bonchev–Trinajstić information content (AvgIpc) is 2.40. The third-order valence-electron chi connectivity index (χ3n) is 4.25. The van der Waals surface area contributed by atoms with Crippen LogP contribution in [0.25, 0.3) is 0 Å². The quantitative estimate of drug-likeness (QED) is 0.822. The molecule has 2 bridgehead atoms. The maximum Gasteiger partial charge on any atom is 0.0350 e. The van der Waals surface area contributed by atoms with Gasteiger partial charge in [0.1, 0.15) is 0 Å². The molecule has 1 aromatic carbocycles. The van der Waals surface area contributed by atoms with Crippen molar-refractivity contribution in [2.45, 2.75) is 31.8 Å². The van der Waals surface area contributed by atoms with E-state index in [0.717, 1.165) is 5.92 Å². The second-order valence-electron chi connectivity index (χ2n) is 5.18. The molecule has 16 heavy (non-hydrogen) atoms. The van der Waals surface area contributed by atoms with E-state index in [1.807, 2.05) is 0 Å². The third kappa shape index (κ3) is 1.76. The number of fused-ring (bicyclic) bond motifs is 3. The Morgan fingerprint density at radius 3 is 2.31 bits per heavy atom. The minimum atomic E-state index is 0.650. The van der Waals surface area contributed by atoms with E-state index in [1.165, 1.54) is 43.5 Å². The van der Waals surface area contributed by atoms with Crippen LogP contribution in [0.3, 0.4) is 0 Å². The van der Waals surface area contributed by atoms with Crippen LogP contribution in [0.1, 0.15) is 36.4 Å². The van der Waals surface area contributed by atoms with Crippen LogP contribution in [-0.4, -0.2) is 18.0 Å². The van der Waals surface area contributed by atoms with Gasteiger partial charge in [0.05, 0.1) is 0 Å². The average molecular weight is 216 g/mol. The van der Waals surface area contributed by atoms with E-state index >= 15 is 0 Å². The first kappa shape index (κ1) is 10.3. The minimum Gasteiger partial charge on any atom is -0.326 e. The molecule has 0 spiro atoms. The molecule has 3 fully saturated rings. The fourth-order valence-corrected chi connectivity index (χ4v) is 3.19. The lowest BCUT2D eigenvalue weighted by Crippen LogP contribution is -2.43. The van der Waals surface area contributed by atoms with Crippen LogP contribution in [-0.2, 0) is 6.54 Å². The lowest BCUT2D eigenvalue weighted by molar-refractivity contribution is 0.0490. The van der Waals surface area contributed by atoms with Gasteiger partial charge in [-0.05, 0) is 49.4 Å². The molecule has 3 aliphatic heterocycles. The molecule has 2 nitrogen and oxygen atoms in total. The highest BCUT2D eigenvalue weighted by Crippen LogP contribution is 2.40. The van der Waals surface area contributed by atoms with Crippen LogP contribution in [0, 0.1) is 5.92 Å². The van der Waals surface area contributed by atoms with Gasteiger partial charge in [0.2, 0.25) is 0 Å². The van der Waals surface area contributed by atoms with E-state index in [2.05, 4.69) is 29.2 Å². The predicted molar refractivity (Wildman–Crippen MR) is 66.0 cm³/mol. The number of hydrogen-bond acceptors (Lipinski definition) is 2. The van der Waals surface area contributed by atoms with Gasteiger partial charge in [0, 0.05) is 12.6 Å². The lowest BCUT2D eigenvalue weighted by Gasteiger charge is -2.45. The maximum absolute atomic E-state index is 5.63.